The van der Waals surface area contributed by atoms with E-state index in [1.165, 1.54) is 0 Å². The van der Waals surface area contributed by atoms with E-state index in [1.807, 2.05) is 0 Å². The van der Waals surface area contributed by atoms with Gasteiger partial charge in [0.25, 0.3) is 0 Å². The van der Waals surface area contributed by atoms with Crippen LogP contribution < -0.4 is 113 Å². The molecule has 0 saturated carbocycles. The SMILES string of the molecule is O=P([O-])([O-])O.[K+].[K+].[Rn]. The summed E-state index contributed by atoms with van der Waals surface area (Å²) in [5.41, 5.74) is 0. The van der Waals surface area contributed by atoms with Crippen molar-refractivity contribution in [1.82, 2.24) is 0 Å². The predicted molar refractivity (Wildman–Crippen MR) is 9.83 cm³/mol. The molecular weight excluding hydrogens is 395 g/mol. The van der Waals surface area contributed by atoms with Gasteiger partial charge in [0.1, 0.15) is 0 Å². The maximum atomic E-state index is 8.66. The molecule has 0 radical (unpaired) electrons. The zero-order valence-electron chi connectivity index (χ0n) is 4.47. The topological polar surface area (TPSA) is 83.4 Å². The quantitative estimate of drug-likeness (QED) is 0.326. The Morgan fingerprint density at radius 3 is 1.25 bits per heavy atom. The van der Waals surface area contributed by atoms with E-state index in [-0.39, 0.29) is 175 Å². The van der Waals surface area contributed by atoms with Gasteiger partial charge in [-0.15, -0.1) is 0 Å². The molecule has 0 fully saturated rings. The van der Waals surface area contributed by atoms with Gasteiger partial charge >= 0.3 is 103 Å². The van der Waals surface area contributed by atoms with Crippen LogP contribution in [-0.4, -0.2) is 4.89 Å². The third kappa shape index (κ3) is 41.9. The predicted octanol–water partition coefficient (Wildman–Crippen LogP) is -8.18. The minimum absolute atomic E-state index is 0. The first-order valence-corrected chi connectivity index (χ1v) is 2.24. The summed E-state index contributed by atoms with van der Waals surface area (Å²) < 4.78 is 8.66. The fraction of sp³-hybridized carbons (Fsp3) is 0. The molecule has 0 spiro atoms. The van der Waals surface area contributed by atoms with Gasteiger partial charge in [-0.25, -0.2) is 0 Å². The maximum absolute atomic E-state index is 8.66. The Bertz CT molecular complexity index is 60.2. The Kier molecular flexibility index (Phi) is 36.5. The summed E-state index contributed by atoms with van der Waals surface area (Å²) in [5, 5.41) is 0. The third-order valence-electron chi connectivity index (χ3n) is 0. The molecule has 8 heavy (non-hydrogen) atoms. The second kappa shape index (κ2) is 12.5. The summed E-state index contributed by atoms with van der Waals surface area (Å²) in [4.78, 5) is 24.3. The van der Waals surface area contributed by atoms with E-state index in [1.54, 1.807) is 0 Å². The van der Waals surface area contributed by atoms with Gasteiger partial charge < -0.3 is 19.2 Å². The van der Waals surface area contributed by atoms with Gasteiger partial charge in [-0.3, -0.25) is 0 Å². The zero-order chi connectivity index (χ0) is 4.50. The molecule has 1 N–H and O–H groups in total. The second-order valence-corrected chi connectivity index (χ2v) is 1.41. The fourth-order valence-corrected chi connectivity index (χ4v) is 0. The molecule has 0 aromatic heterocycles. The van der Waals surface area contributed by atoms with Crippen molar-refractivity contribution in [3.8, 4) is 0 Å². The average Bonchev–Trinajstić information content (AvgIpc) is 0.722. The molecule has 0 unspecified atom stereocenters. The normalized spacial score (nSPS) is 7.38. The van der Waals surface area contributed by atoms with Gasteiger partial charge in [-0.1, -0.05) is 0 Å². The molecular formula is HK2O4PRn. The molecule has 0 rings (SSSR count). The molecule has 0 atom stereocenters. The molecule has 0 amide bonds. The van der Waals surface area contributed by atoms with E-state index >= 15 is 0 Å². The monoisotopic (exact) mass is 396 g/mol. The zero-order valence-corrected chi connectivity index (χ0v) is 14.4. The Hall–Kier alpha value is 5.50. The van der Waals surface area contributed by atoms with Crippen LogP contribution in [0.15, 0.2) is 0 Å². The van der Waals surface area contributed by atoms with Gasteiger partial charge in [-0.2, -0.15) is 0 Å². The Morgan fingerprint density at radius 1 is 1.25 bits per heavy atom. The van der Waals surface area contributed by atoms with Crippen LogP contribution >= 0.6 is 7.82 Å². The van der Waals surface area contributed by atoms with Gasteiger partial charge in [0.15, 0.2) is 0 Å². The van der Waals surface area contributed by atoms with E-state index in [4.69, 9.17) is 19.2 Å². The van der Waals surface area contributed by atoms with Crippen LogP contribution in [0.1, 0.15) is 0 Å². The third-order valence-corrected chi connectivity index (χ3v) is 0. The summed E-state index contributed by atoms with van der Waals surface area (Å²) >= 11 is 0. The van der Waals surface area contributed by atoms with Gasteiger partial charge in [-0.05, 0) is 0 Å². The molecule has 0 bridgehead atoms. The van der Waals surface area contributed by atoms with E-state index in [2.05, 4.69) is 0 Å². The van der Waals surface area contributed by atoms with Crippen LogP contribution in [0.2, 0.25) is 0 Å². The van der Waals surface area contributed by atoms with Crippen molar-refractivity contribution in [1.29, 1.82) is 0 Å². The van der Waals surface area contributed by atoms with Crippen molar-refractivity contribution in [2.24, 2.45) is 0 Å². The molecule has 0 aliphatic carbocycles. The maximum Gasteiger partial charge on any atom is 1.00 e. The minimum Gasteiger partial charge on any atom is -0.790 e. The van der Waals surface area contributed by atoms with Crippen molar-refractivity contribution < 1.29 is 194 Å². The fourth-order valence-electron chi connectivity index (χ4n) is 0. The minimum atomic E-state index is -5.14. The molecule has 8 heteroatoms. The van der Waals surface area contributed by atoms with Crippen LogP contribution in [0, 0.1) is 71.9 Å². The van der Waals surface area contributed by atoms with Crippen LogP contribution in [0.3, 0.4) is 0 Å². The first-order valence-electron chi connectivity index (χ1n) is 0.748. The standard InChI is InChI=1S/2K.H3O4P.Rn/c;;1-5(2,3)4;/h;;(H3,1,2,3,4);/q2*+1;;/p-2. The number of phosphoric acid groups is 1. The van der Waals surface area contributed by atoms with E-state index in [9.17, 15) is 0 Å². The van der Waals surface area contributed by atoms with Crippen molar-refractivity contribution >= 4 is 7.82 Å². The van der Waals surface area contributed by atoms with Gasteiger partial charge in [0, 0.05) is 71.9 Å². The largest absolute Gasteiger partial charge is 1.00 e. The summed E-state index contributed by atoms with van der Waals surface area (Å²) in [5.74, 6) is 0. The van der Waals surface area contributed by atoms with Gasteiger partial charge in [0.05, 0.1) is 7.82 Å². The smallest absolute Gasteiger partial charge is 0.790 e. The van der Waals surface area contributed by atoms with Crippen molar-refractivity contribution in [3.05, 3.63) is 0 Å². The summed E-state index contributed by atoms with van der Waals surface area (Å²) in [7, 11) is -5.14. The van der Waals surface area contributed by atoms with Crippen molar-refractivity contribution in [2.45, 2.75) is 0 Å². The molecule has 0 aromatic rings. The Labute approximate surface area is 194 Å². The Morgan fingerprint density at radius 2 is 1.25 bits per heavy atom. The first-order chi connectivity index (χ1) is 2.00. The first kappa shape index (κ1) is 23.4. The molecule has 0 aromatic carbocycles. The van der Waals surface area contributed by atoms with Crippen LogP contribution in [0.5, 0.6) is 0 Å². The molecule has 0 saturated heterocycles. The number of rotatable bonds is 0. The van der Waals surface area contributed by atoms with Crippen LogP contribution in [-0.2, 0) is 4.57 Å². The number of hydrogen-bond acceptors (Lipinski definition) is 3. The Balaban J connectivity index is -0.0000000267. The summed E-state index contributed by atoms with van der Waals surface area (Å²) in [6, 6.07) is 0. The molecule has 4 nitrogen and oxygen atoms in total. The number of hydrogen-bond donors (Lipinski definition) is 1. The van der Waals surface area contributed by atoms with Crippen LogP contribution in [0.4, 0.5) is 0 Å². The van der Waals surface area contributed by atoms with Gasteiger partial charge in [0.2, 0.25) is 0 Å². The van der Waals surface area contributed by atoms with E-state index < -0.39 is 7.82 Å². The van der Waals surface area contributed by atoms with Crippen molar-refractivity contribution in [3.63, 3.8) is 0 Å². The molecule has 40 valence electrons. The second-order valence-electron chi connectivity index (χ2n) is 0.469. The average molecular weight is 396 g/mol. The van der Waals surface area contributed by atoms with Crippen molar-refractivity contribution in [2.75, 3.05) is 0 Å². The molecule has 0 aliphatic heterocycles. The summed E-state index contributed by atoms with van der Waals surface area (Å²) in [6.45, 7) is 0. The van der Waals surface area contributed by atoms with E-state index in [0.717, 1.165) is 0 Å². The molecule has 0 aliphatic rings. The summed E-state index contributed by atoms with van der Waals surface area (Å²) in [6.07, 6.45) is 0. The molecule has 0 heterocycles. The van der Waals surface area contributed by atoms with E-state index in [0.29, 0.717) is 0 Å². The van der Waals surface area contributed by atoms with Crippen LogP contribution in [0.25, 0.3) is 0 Å².